The van der Waals surface area contributed by atoms with Crippen LogP contribution in [-0.2, 0) is 0 Å². The minimum atomic E-state index is -0.419. The first-order valence-corrected chi connectivity index (χ1v) is 6.59. The number of hydrogen-bond donors (Lipinski definition) is 2. The molecule has 0 amide bonds. The van der Waals surface area contributed by atoms with Crippen molar-refractivity contribution in [3.05, 3.63) is 40.6 Å². The molecule has 0 unspecified atom stereocenters. The minimum absolute atomic E-state index is 0.0106. The number of aliphatic hydroxyl groups is 1. The Bertz CT molecular complexity index is 653. The standard InChI is InChI=1S/C14H15N3O3/c18-10-5-9(6-10)7-16-14-11-3-1-2-4-12(11)15-8-13(14)17(19)20/h1-4,8-10,18H,5-7H2,(H,15,16). The molecule has 2 N–H and O–H groups in total. The topological polar surface area (TPSA) is 88.3 Å². The SMILES string of the molecule is O=[N+]([O-])c1cnc2ccccc2c1NCC1CC(O)C1. The van der Waals surface area contributed by atoms with Crippen molar-refractivity contribution in [1.29, 1.82) is 0 Å². The van der Waals surface area contributed by atoms with Gasteiger partial charge in [-0.05, 0) is 24.8 Å². The number of nitrogens with one attached hydrogen (secondary N) is 1. The van der Waals surface area contributed by atoms with E-state index >= 15 is 0 Å². The van der Waals surface area contributed by atoms with Crippen molar-refractivity contribution >= 4 is 22.3 Å². The molecular formula is C14H15N3O3. The van der Waals surface area contributed by atoms with E-state index in [1.54, 1.807) is 0 Å². The van der Waals surface area contributed by atoms with E-state index in [1.165, 1.54) is 6.20 Å². The fourth-order valence-electron chi connectivity index (χ4n) is 2.57. The van der Waals surface area contributed by atoms with Crippen molar-refractivity contribution in [2.24, 2.45) is 5.92 Å². The van der Waals surface area contributed by atoms with Crippen molar-refractivity contribution in [3.63, 3.8) is 0 Å². The van der Waals surface area contributed by atoms with E-state index in [2.05, 4.69) is 10.3 Å². The van der Waals surface area contributed by atoms with E-state index in [4.69, 9.17) is 0 Å². The maximum absolute atomic E-state index is 11.1. The number of nitro groups is 1. The van der Waals surface area contributed by atoms with Crippen molar-refractivity contribution in [3.8, 4) is 0 Å². The normalized spacial score (nSPS) is 21.4. The second kappa shape index (κ2) is 5.05. The Labute approximate surface area is 115 Å². The number of fused-ring (bicyclic) bond motifs is 1. The fourth-order valence-corrected chi connectivity index (χ4v) is 2.57. The number of benzene rings is 1. The second-order valence-electron chi connectivity index (χ2n) is 5.16. The summed E-state index contributed by atoms with van der Waals surface area (Å²) in [7, 11) is 0. The lowest BCUT2D eigenvalue weighted by Crippen LogP contribution is -2.33. The molecule has 3 rings (SSSR count). The van der Waals surface area contributed by atoms with E-state index < -0.39 is 4.92 Å². The van der Waals surface area contributed by atoms with Gasteiger partial charge in [-0.25, -0.2) is 4.98 Å². The molecule has 1 heterocycles. The molecule has 0 radical (unpaired) electrons. The summed E-state index contributed by atoms with van der Waals surface area (Å²) in [6, 6.07) is 7.35. The van der Waals surface area contributed by atoms with Gasteiger partial charge in [0.25, 0.3) is 0 Å². The zero-order valence-electron chi connectivity index (χ0n) is 10.8. The number of nitrogens with zero attached hydrogens (tertiary/aromatic N) is 2. The molecule has 0 saturated heterocycles. The van der Waals surface area contributed by atoms with E-state index in [1.807, 2.05) is 24.3 Å². The van der Waals surface area contributed by atoms with Crippen LogP contribution in [0.2, 0.25) is 0 Å². The molecule has 1 aliphatic carbocycles. The largest absolute Gasteiger partial charge is 0.393 e. The molecule has 1 aliphatic rings. The maximum Gasteiger partial charge on any atom is 0.311 e. The predicted octanol–water partition coefficient (Wildman–Crippen LogP) is 2.33. The fraction of sp³-hybridized carbons (Fsp3) is 0.357. The van der Waals surface area contributed by atoms with Crippen LogP contribution in [0.3, 0.4) is 0 Å². The molecule has 1 aromatic heterocycles. The lowest BCUT2D eigenvalue weighted by molar-refractivity contribution is -0.384. The summed E-state index contributed by atoms with van der Waals surface area (Å²) >= 11 is 0. The zero-order chi connectivity index (χ0) is 14.1. The Morgan fingerprint density at radius 1 is 1.40 bits per heavy atom. The lowest BCUT2D eigenvalue weighted by atomic mass is 9.82. The summed E-state index contributed by atoms with van der Waals surface area (Å²) in [5, 5.41) is 24.3. The van der Waals surface area contributed by atoms with Crippen LogP contribution in [0, 0.1) is 16.0 Å². The monoisotopic (exact) mass is 273 g/mol. The van der Waals surface area contributed by atoms with Gasteiger partial charge in [-0.1, -0.05) is 18.2 Å². The number of aromatic nitrogens is 1. The first kappa shape index (κ1) is 12.8. The van der Waals surface area contributed by atoms with Crippen LogP contribution in [0.15, 0.2) is 30.5 Å². The van der Waals surface area contributed by atoms with Gasteiger partial charge in [0.05, 0.1) is 16.5 Å². The van der Waals surface area contributed by atoms with Crippen molar-refractivity contribution in [1.82, 2.24) is 4.98 Å². The molecule has 6 heteroatoms. The molecule has 0 spiro atoms. The van der Waals surface area contributed by atoms with E-state index in [0.29, 0.717) is 18.2 Å². The smallest absolute Gasteiger partial charge is 0.311 e. The highest BCUT2D eigenvalue weighted by Gasteiger charge is 2.28. The molecule has 1 saturated carbocycles. The third-order valence-corrected chi connectivity index (χ3v) is 3.73. The van der Waals surface area contributed by atoms with Crippen LogP contribution < -0.4 is 5.32 Å². The third kappa shape index (κ3) is 2.30. The highest BCUT2D eigenvalue weighted by Crippen LogP contribution is 2.33. The average Bonchev–Trinajstić information content (AvgIpc) is 2.41. The maximum atomic E-state index is 11.1. The number of pyridine rings is 1. The van der Waals surface area contributed by atoms with E-state index in [-0.39, 0.29) is 11.8 Å². The van der Waals surface area contributed by atoms with Crippen LogP contribution in [0.5, 0.6) is 0 Å². The van der Waals surface area contributed by atoms with Crippen LogP contribution in [0.4, 0.5) is 11.4 Å². The number of para-hydroxylation sites is 1. The molecule has 0 atom stereocenters. The Balaban J connectivity index is 1.92. The zero-order valence-corrected chi connectivity index (χ0v) is 10.8. The molecular weight excluding hydrogens is 258 g/mol. The number of anilines is 1. The Morgan fingerprint density at radius 2 is 2.15 bits per heavy atom. The Kier molecular flexibility index (Phi) is 3.23. The number of aliphatic hydroxyl groups excluding tert-OH is 1. The third-order valence-electron chi connectivity index (χ3n) is 3.73. The van der Waals surface area contributed by atoms with E-state index in [0.717, 1.165) is 23.7 Å². The molecule has 0 bridgehead atoms. The van der Waals surface area contributed by atoms with Crippen molar-refractivity contribution < 1.29 is 10.0 Å². The van der Waals surface area contributed by atoms with Crippen LogP contribution in [-0.4, -0.2) is 27.7 Å². The molecule has 6 nitrogen and oxygen atoms in total. The highest BCUT2D eigenvalue weighted by molar-refractivity contribution is 5.95. The highest BCUT2D eigenvalue weighted by atomic mass is 16.6. The van der Waals surface area contributed by atoms with Gasteiger partial charge in [0.2, 0.25) is 0 Å². The van der Waals surface area contributed by atoms with Crippen molar-refractivity contribution in [2.45, 2.75) is 18.9 Å². The Morgan fingerprint density at radius 3 is 2.85 bits per heavy atom. The van der Waals surface area contributed by atoms with Crippen LogP contribution in [0.25, 0.3) is 10.9 Å². The van der Waals surface area contributed by atoms with Crippen LogP contribution in [0.1, 0.15) is 12.8 Å². The van der Waals surface area contributed by atoms with E-state index in [9.17, 15) is 15.2 Å². The van der Waals surface area contributed by atoms with Gasteiger partial charge in [0.15, 0.2) is 0 Å². The minimum Gasteiger partial charge on any atom is -0.393 e. The first-order chi connectivity index (χ1) is 9.65. The van der Waals surface area contributed by atoms with Gasteiger partial charge < -0.3 is 10.4 Å². The summed E-state index contributed by atoms with van der Waals surface area (Å²) in [5.41, 5.74) is 1.24. The lowest BCUT2D eigenvalue weighted by Gasteiger charge is -2.31. The molecule has 104 valence electrons. The predicted molar refractivity (Wildman–Crippen MR) is 75.6 cm³/mol. The summed E-state index contributed by atoms with van der Waals surface area (Å²) in [6.07, 6.45) is 2.58. The second-order valence-corrected chi connectivity index (χ2v) is 5.16. The van der Waals surface area contributed by atoms with Gasteiger partial charge in [0.1, 0.15) is 11.9 Å². The summed E-state index contributed by atoms with van der Waals surface area (Å²) in [5.74, 6) is 0.372. The van der Waals surface area contributed by atoms with Gasteiger partial charge in [0, 0.05) is 11.9 Å². The molecule has 0 aliphatic heterocycles. The Hall–Kier alpha value is -2.21. The molecule has 1 aromatic carbocycles. The first-order valence-electron chi connectivity index (χ1n) is 6.59. The summed E-state index contributed by atoms with van der Waals surface area (Å²) in [4.78, 5) is 14.8. The van der Waals surface area contributed by atoms with Gasteiger partial charge in [-0.2, -0.15) is 0 Å². The van der Waals surface area contributed by atoms with Gasteiger partial charge in [-0.3, -0.25) is 10.1 Å². The quantitative estimate of drug-likeness (QED) is 0.659. The number of hydrogen-bond acceptors (Lipinski definition) is 5. The molecule has 2 aromatic rings. The van der Waals surface area contributed by atoms with Gasteiger partial charge >= 0.3 is 5.69 Å². The summed E-state index contributed by atoms with van der Waals surface area (Å²) in [6.45, 7) is 0.631. The molecule has 20 heavy (non-hydrogen) atoms. The van der Waals surface area contributed by atoms with Crippen molar-refractivity contribution in [2.75, 3.05) is 11.9 Å². The average molecular weight is 273 g/mol. The van der Waals surface area contributed by atoms with Crippen LogP contribution >= 0.6 is 0 Å². The summed E-state index contributed by atoms with van der Waals surface area (Å²) < 4.78 is 0. The molecule has 1 fully saturated rings. The van der Waals surface area contributed by atoms with Gasteiger partial charge in [-0.15, -0.1) is 0 Å². The number of rotatable bonds is 4.